The van der Waals surface area contributed by atoms with Gasteiger partial charge in [0.2, 0.25) is 0 Å². The van der Waals surface area contributed by atoms with E-state index in [4.69, 9.17) is 9.97 Å². The number of nitrogens with zero attached hydrogens (tertiary/aromatic N) is 3. The van der Waals surface area contributed by atoms with Gasteiger partial charge in [0.25, 0.3) is 0 Å². The van der Waals surface area contributed by atoms with Crippen molar-refractivity contribution in [3.8, 4) is 0 Å². The molecule has 0 spiro atoms. The number of carboxylic acids is 1. The summed E-state index contributed by atoms with van der Waals surface area (Å²) in [5.74, 6) is 0.870. The number of pyridine rings is 1. The molecule has 1 saturated carbocycles. The van der Waals surface area contributed by atoms with E-state index in [2.05, 4.69) is 17.6 Å². The molecule has 2 heterocycles. The number of aliphatic carboxylic acids is 1. The molecule has 1 fully saturated rings. The van der Waals surface area contributed by atoms with E-state index in [1.165, 1.54) is 12.8 Å². The lowest BCUT2D eigenvalue weighted by Crippen LogP contribution is -2.37. The van der Waals surface area contributed by atoms with Gasteiger partial charge in [0.05, 0.1) is 12.0 Å². The highest BCUT2D eigenvalue weighted by atomic mass is 16.4. The summed E-state index contributed by atoms with van der Waals surface area (Å²) in [5.41, 5.74) is 5.19. The number of carbonyl (C=O) groups is 1. The van der Waals surface area contributed by atoms with Gasteiger partial charge in [-0.2, -0.15) is 0 Å². The Morgan fingerprint density at radius 2 is 1.86 bits per heavy atom. The van der Waals surface area contributed by atoms with E-state index in [-0.39, 0.29) is 5.92 Å². The second-order valence-electron chi connectivity index (χ2n) is 8.94. The number of rotatable bonds is 6. The fourth-order valence-corrected chi connectivity index (χ4v) is 4.07. The van der Waals surface area contributed by atoms with Crippen molar-refractivity contribution < 1.29 is 9.90 Å². The topological polar surface area (TPSA) is 68.0 Å². The summed E-state index contributed by atoms with van der Waals surface area (Å²) in [6, 6.07) is 10.1. The molecule has 0 saturated heterocycles. The van der Waals surface area contributed by atoms with Crippen molar-refractivity contribution in [2.24, 2.45) is 5.92 Å². The van der Waals surface area contributed by atoms with E-state index in [1.54, 1.807) is 6.92 Å². The first-order valence-electron chi connectivity index (χ1n) is 10.4. The quantitative estimate of drug-likeness (QED) is 0.644. The Bertz CT molecular complexity index is 1080. The molecule has 1 aromatic carbocycles. The molecule has 5 heteroatoms. The van der Waals surface area contributed by atoms with Crippen LogP contribution in [0.15, 0.2) is 30.3 Å². The number of aryl methyl sites for hydroxylation is 2. The van der Waals surface area contributed by atoms with Crippen LogP contribution >= 0.6 is 0 Å². The molecule has 0 amide bonds. The van der Waals surface area contributed by atoms with Crippen molar-refractivity contribution in [2.75, 3.05) is 0 Å². The molecule has 1 aliphatic rings. The SMILES string of the molecule is Cc1cc(C)c2nc(C3CC3)n(Cc3ccc(C(C)(C(=O)O)C(C)C)cc3)c2n1. The molecule has 0 bridgehead atoms. The maximum atomic E-state index is 11.9. The molecule has 0 radical (unpaired) electrons. The van der Waals surface area contributed by atoms with E-state index < -0.39 is 11.4 Å². The highest BCUT2D eigenvalue weighted by molar-refractivity contribution is 5.81. The zero-order chi connectivity index (χ0) is 20.9. The first kappa shape index (κ1) is 19.6. The van der Waals surface area contributed by atoms with Crippen molar-refractivity contribution in [2.45, 2.75) is 65.3 Å². The molecule has 152 valence electrons. The zero-order valence-electron chi connectivity index (χ0n) is 17.9. The Morgan fingerprint density at radius 1 is 1.21 bits per heavy atom. The minimum atomic E-state index is -0.894. The average molecular weight is 392 g/mol. The molecule has 5 nitrogen and oxygen atoms in total. The summed E-state index contributed by atoms with van der Waals surface area (Å²) in [6.07, 6.45) is 2.37. The van der Waals surface area contributed by atoms with Gasteiger partial charge in [-0.15, -0.1) is 0 Å². The van der Waals surface area contributed by atoms with Gasteiger partial charge in [-0.05, 0) is 62.3 Å². The smallest absolute Gasteiger partial charge is 0.314 e. The van der Waals surface area contributed by atoms with Crippen molar-refractivity contribution in [1.29, 1.82) is 0 Å². The lowest BCUT2D eigenvalue weighted by Gasteiger charge is -2.29. The third-order valence-corrected chi connectivity index (χ3v) is 6.49. The largest absolute Gasteiger partial charge is 0.481 e. The number of aromatic nitrogens is 3. The van der Waals surface area contributed by atoms with Gasteiger partial charge in [-0.3, -0.25) is 4.79 Å². The van der Waals surface area contributed by atoms with E-state index in [0.717, 1.165) is 39.4 Å². The Kier molecular flexibility index (Phi) is 4.72. The van der Waals surface area contributed by atoms with Crippen molar-refractivity contribution >= 4 is 17.1 Å². The van der Waals surface area contributed by atoms with E-state index in [0.29, 0.717) is 12.5 Å². The standard InChI is InChI=1S/C24H29N3O2/c1-14(2)24(5,23(28)29)19-10-6-17(7-11-19)13-27-21(18-8-9-18)26-20-15(3)12-16(4)25-22(20)27/h6-7,10-12,14,18H,8-9,13H2,1-5H3,(H,28,29). The number of benzene rings is 1. The number of carboxylic acid groups (broad SMARTS) is 1. The molecule has 0 aliphatic heterocycles. The Balaban J connectivity index is 1.72. The van der Waals surface area contributed by atoms with E-state index in [1.807, 2.05) is 45.0 Å². The van der Waals surface area contributed by atoms with E-state index in [9.17, 15) is 9.90 Å². The van der Waals surface area contributed by atoms with Crippen LogP contribution in [0.5, 0.6) is 0 Å². The van der Waals surface area contributed by atoms with Crippen LogP contribution in [0, 0.1) is 19.8 Å². The summed E-state index contributed by atoms with van der Waals surface area (Å²) < 4.78 is 2.25. The lowest BCUT2D eigenvalue weighted by atomic mass is 9.73. The number of hydrogen-bond acceptors (Lipinski definition) is 3. The van der Waals surface area contributed by atoms with Crippen LogP contribution in [-0.4, -0.2) is 25.6 Å². The van der Waals surface area contributed by atoms with Crippen LogP contribution in [0.4, 0.5) is 0 Å². The predicted octanol–water partition coefficient (Wildman–Crippen LogP) is 4.97. The number of hydrogen-bond donors (Lipinski definition) is 1. The molecule has 1 aliphatic carbocycles. The van der Waals surface area contributed by atoms with Crippen LogP contribution in [0.1, 0.15) is 67.7 Å². The molecule has 4 rings (SSSR count). The molecular formula is C24H29N3O2. The lowest BCUT2D eigenvalue weighted by molar-refractivity contribution is -0.145. The van der Waals surface area contributed by atoms with Crippen LogP contribution in [-0.2, 0) is 16.8 Å². The molecule has 3 aromatic rings. The summed E-state index contributed by atoms with van der Waals surface area (Å²) in [6.45, 7) is 10.5. The summed E-state index contributed by atoms with van der Waals surface area (Å²) in [4.78, 5) is 21.6. The van der Waals surface area contributed by atoms with Gasteiger partial charge in [0, 0.05) is 11.6 Å². The number of fused-ring (bicyclic) bond motifs is 1. The molecule has 2 aromatic heterocycles. The predicted molar refractivity (Wildman–Crippen MR) is 114 cm³/mol. The van der Waals surface area contributed by atoms with Gasteiger partial charge in [0.1, 0.15) is 11.3 Å². The van der Waals surface area contributed by atoms with Gasteiger partial charge in [0.15, 0.2) is 5.65 Å². The maximum absolute atomic E-state index is 11.9. The number of imidazole rings is 1. The Morgan fingerprint density at radius 3 is 2.41 bits per heavy atom. The van der Waals surface area contributed by atoms with Crippen LogP contribution < -0.4 is 0 Å². The average Bonchev–Trinajstić information content (AvgIpc) is 3.45. The fourth-order valence-electron chi connectivity index (χ4n) is 4.07. The van der Waals surface area contributed by atoms with Crippen molar-refractivity contribution in [1.82, 2.24) is 14.5 Å². The normalized spacial score (nSPS) is 16.3. The first-order chi connectivity index (χ1) is 13.7. The van der Waals surface area contributed by atoms with Crippen molar-refractivity contribution in [3.05, 3.63) is 58.5 Å². The first-order valence-corrected chi connectivity index (χ1v) is 10.4. The molecule has 1 unspecified atom stereocenters. The maximum Gasteiger partial charge on any atom is 0.314 e. The molecule has 1 atom stereocenters. The van der Waals surface area contributed by atoms with Crippen LogP contribution in [0.3, 0.4) is 0 Å². The third-order valence-electron chi connectivity index (χ3n) is 6.49. The Labute approximate surface area is 171 Å². The fraction of sp³-hybridized carbons (Fsp3) is 0.458. The van der Waals surface area contributed by atoms with Gasteiger partial charge in [-0.25, -0.2) is 9.97 Å². The summed E-state index contributed by atoms with van der Waals surface area (Å²) >= 11 is 0. The van der Waals surface area contributed by atoms with Gasteiger partial charge < -0.3 is 9.67 Å². The minimum Gasteiger partial charge on any atom is -0.481 e. The van der Waals surface area contributed by atoms with Gasteiger partial charge in [-0.1, -0.05) is 38.1 Å². The molecule has 1 N–H and O–H groups in total. The zero-order valence-corrected chi connectivity index (χ0v) is 17.9. The third kappa shape index (κ3) is 3.33. The summed E-state index contributed by atoms with van der Waals surface area (Å²) in [5, 5.41) is 9.79. The highest BCUT2D eigenvalue weighted by Gasteiger charge is 2.38. The van der Waals surface area contributed by atoms with Gasteiger partial charge >= 0.3 is 5.97 Å². The summed E-state index contributed by atoms with van der Waals surface area (Å²) in [7, 11) is 0. The monoisotopic (exact) mass is 391 g/mol. The second kappa shape index (κ2) is 6.97. The molecular weight excluding hydrogens is 362 g/mol. The second-order valence-corrected chi connectivity index (χ2v) is 8.94. The highest BCUT2D eigenvalue weighted by Crippen LogP contribution is 2.41. The van der Waals surface area contributed by atoms with Crippen LogP contribution in [0.2, 0.25) is 0 Å². The Hall–Kier alpha value is -2.69. The van der Waals surface area contributed by atoms with Crippen molar-refractivity contribution in [3.63, 3.8) is 0 Å². The molecule has 29 heavy (non-hydrogen) atoms. The minimum absolute atomic E-state index is 0.0000574. The van der Waals surface area contributed by atoms with Crippen LogP contribution in [0.25, 0.3) is 11.2 Å². The van der Waals surface area contributed by atoms with E-state index >= 15 is 0 Å².